The van der Waals surface area contributed by atoms with Gasteiger partial charge in [-0.15, -0.1) is 0 Å². The fraction of sp³-hybridized carbons (Fsp3) is 0.0833. The summed E-state index contributed by atoms with van der Waals surface area (Å²) in [6.45, 7) is 1.33. The number of pyridine rings is 1. The standard InChI is InChI=1S/C24H19FN4O3/c1-15(30)32-20-8-2-16(3-9-20)14-21(31)27-24-22(17-10-12-26-13-11-17)23(28-29-24)18-4-6-19(25)7-5-18/h2-13H,14H2,1H3,(H2,27,28,29,31). The molecule has 0 unspecified atom stereocenters. The Morgan fingerprint density at radius 1 is 0.969 bits per heavy atom. The van der Waals surface area contributed by atoms with Crippen LogP contribution >= 0.6 is 0 Å². The zero-order valence-corrected chi connectivity index (χ0v) is 17.1. The number of hydrogen-bond acceptors (Lipinski definition) is 5. The topological polar surface area (TPSA) is 97.0 Å². The van der Waals surface area contributed by atoms with E-state index in [2.05, 4.69) is 20.5 Å². The van der Waals surface area contributed by atoms with Crippen LogP contribution in [-0.2, 0) is 16.0 Å². The van der Waals surface area contributed by atoms with Crippen molar-refractivity contribution in [3.05, 3.63) is 84.4 Å². The number of aromatic amines is 1. The van der Waals surface area contributed by atoms with E-state index >= 15 is 0 Å². The van der Waals surface area contributed by atoms with E-state index in [1.165, 1.54) is 19.1 Å². The van der Waals surface area contributed by atoms with Gasteiger partial charge < -0.3 is 10.1 Å². The third-order valence-corrected chi connectivity index (χ3v) is 4.68. The zero-order chi connectivity index (χ0) is 22.5. The molecule has 4 rings (SSSR count). The number of ether oxygens (including phenoxy) is 1. The van der Waals surface area contributed by atoms with Gasteiger partial charge in [-0.05, 0) is 59.7 Å². The molecule has 160 valence electrons. The number of esters is 1. The second kappa shape index (κ2) is 9.22. The van der Waals surface area contributed by atoms with E-state index in [4.69, 9.17) is 4.74 Å². The van der Waals surface area contributed by atoms with E-state index in [9.17, 15) is 14.0 Å². The first-order valence-electron chi connectivity index (χ1n) is 9.81. The van der Waals surface area contributed by atoms with Crippen molar-refractivity contribution in [3.8, 4) is 28.1 Å². The summed E-state index contributed by atoms with van der Waals surface area (Å²) in [5.41, 5.74) is 3.61. The van der Waals surface area contributed by atoms with Gasteiger partial charge in [-0.2, -0.15) is 5.10 Å². The number of hydrogen-bond donors (Lipinski definition) is 2. The number of benzene rings is 2. The number of H-pyrrole nitrogens is 1. The summed E-state index contributed by atoms with van der Waals surface area (Å²) in [6, 6.07) is 16.3. The maximum Gasteiger partial charge on any atom is 0.308 e. The van der Waals surface area contributed by atoms with Crippen LogP contribution in [0.25, 0.3) is 22.4 Å². The van der Waals surface area contributed by atoms with Gasteiger partial charge in [0, 0.05) is 24.9 Å². The summed E-state index contributed by atoms with van der Waals surface area (Å²) in [5, 5.41) is 10.1. The largest absolute Gasteiger partial charge is 0.427 e. The molecule has 2 heterocycles. The number of amides is 1. The highest BCUT2D eigenvalue weighted by Gasteiger charge is 2.19. The van der Waals surface area contributed by atoms with Crippen LogP contribution < -0.4 is 10.1 Å². The molecule has 0 aliphatic rings. The Balaban J connectivity index is 1.58. The normalized spacial score (nSPS) is 10.6. The monoisotopic (exact) mass is 430 g/mol. The quantitative estimate of drug-likeness (QED) is 0.349. The number of carbonyl (C=O) groups is 2. The molecule has 0 aliphatic carbocycles. The number of nitrogens with zero attached hydrogens (tertiary/aromatic N) is 2. The van der Waals surface area contributed by atoms with E-state index in [-0.39, 0.29) is 18.1 Å². The molecule has 8 heteroatoms. The highest BCUT2D eigenvalue weighted by atomic mass is 19.1. The SMILES string of the molecule is CC(=O)Oc1ccc(CC(=O)Nc2n[nH]c(-c3ccc(F)cc3)c2-c2ccncc2)cc1. The molecule has 2 aromatic carbocycles. The maximum absolute atomic E-state index is 13.4. The van der Waals surface area contributed by atoms with Crippen molar-refractivity contribution in [1.29, 1.82) is 0 Å². The van der Waals surface area contributed by atoms with Crippen LogP contribution in [0.3, 0.4) is 0 Å². The van der Waals surface area contributed by atoms with Gasteiger partial charge >= 0.3 is 5.97 Å². The molecule has 0 saturated carbocycles. The highest BCUT2D eigenvalue weighted by molar-refractivity contribution is 5.98. The minimum Gasteiger partial charge on any atom is -0.427 e. The van der Waals surface area contributed by atoms with E-state index < -0.39 is 5.97 Å². The molecular weight excluding hydrogens is 411 g/mol. The molecule has 2 N–H and O–H groups in total. The maximum atomic E-state index is 13.4. The van der Waals surface area contributed by atoms with Gasteiger partial charge in [0.05, 0.1) is 17.7 Å². The van der Waals surface area contributed by atoms with Crippen LogP contribution in [0.2, 0.25) is 0 Å². The van der Waals surface area contributed by atoms with Crippen molar-refractivity contribution in [2.75, 3.05) is 5.32 Å². The van der Waals surface area contributed by atoms with Crippen molar-refractivity contribution in [2.45, 2.75) is 13.3 Å². The lowest BCUT2D eigenvalue weighted by Crippen LogP contribution is -2.15. The van der Waals surface area contributed by atoms with Crippen molar-refractivity contribution < 1.29 is 18.7 Å². The number of anilines is 1. The minimum absolute atomic E-state index is 0.106. The van der Waals surface area contributed by atoms with Crippen molar-refractivity contribution >= 4 is 17.7 Å². The Kier molecular flexibility index (Phi) is 6.03. The Morgan fingerprint density at radius 3 is 2.31 bits per heavy atom. The first-order chi connectivity index (χ1) is 15.5. The Bertz CT molecular complexity index is 1240. The van der Waals surface area contributed by atoms with Crippen LogP contribution in [-0.4, -0.2) is 27.1 Å². The van der Waals surface area contributed by atoms with Crippen molar-refractivity contribution in [2.24, 2.45) is 0 Å². The summed E-state index contributed by atoms with van der Waals surface area (Å²) in [6.07, 6.45) is 3.40. The molecule has 0 atom stereocenters. The lowest BCUT2D eigenvalue weighted by Gasteiger charge is -2.08. The molecule has 0 saturated heterocycles. The van der Waals surface area contributed by atoms with Crippen LogP contribution in [0.5, 0.6) is 5.75 Å². The summed E-state index contributed by atoms with van der Waals surface area (Å²) >= 11 is 0. The third kappa shape index (κ3) is 4.86. The van der Waals surface area contributed by atoms with Gasteiger partial charge in [0.1, 0.15) is 11.6 Å². The Hall–Kier alpha value is -4.33. The van der Waals surface area contributed by atoms with E-state index in [1.54, 1.807) is 60.9 Å². The predicted molar refractivity (Wildman–Crippen MR) is 117 cm³/mol. The fourth-order valence-electron chi connectivity index (χ4n) is 3.26. The van der Waals surface area contributed by atoms with Gasteiger partial charge in [-0.25, -0.2) is 4.39 Å². The molecule has 32 heavy (non-hydrogen) atoms. The average molecular weight is 430 g/mol. The van der Waals surface area contributed by atoms with E-state index in [0.29, 0.717) is 22.8 Å². The van der Waals surface area contributed by atoms with Crippen LogP contribution in [0.1, 0.15) is 12.5 Å². The number of aromatic nitrogens is 3. The average Bonchev–Trinajstić information content (AvgIpc) is 3.19. The summed E-state index contributed by atoms with van der Waals surface area (Å²) in [7, 11) is 0. The van der Waals surface area contributed by atoms with Crippen LogP contribution in [0.15, 0.2) is 73.1 Å². The molecule has 2 aromatic heterocycles. The van der Waals surface area contributed by atoms with Gasteiger partial charge in [-0.3, -0.25) is 19.7 Å². The fourth-order valence-corrected chi connectivity index (χ4v) is 3.26. The Morgan fingerprint density at radius 2 is 1.66 bits per heavy atom. The number of halogens is 1. The van der Waals surface area contributed by atoms with Crippen molar-refractivity contribution in [1.82, 2.24) is 15.2 Å². The lowest BCUT2D eigenvalue weighted by atomic mass is 10.0. The van der Waals surface area contributed by atoms with Crippen LogP contribution in [0, 0.1) is 5.82 Å². The first-order valence-corrected chi connectivity index (χ1v) is 9.81. The molecule has 0 bridgehead atoms. The zero-order valence-electron chi connectivity index (χ0n) is 17.1. The highest BCUT2D eigenvalue weighted by Crippen LogP contribution is 2.36. The third-order valence-electron chi connectivity index (χ3n) is 4.68. The molecular formula is C24H19FN4O3. The number of carbonyl (C=O) groups excluding carboxylic acids is 2. The van der Waals surface area contributed by atoms with E-state index in [0.717, 1.165) is 16.7 Å². The molecule has 4 aromatic rings. The van der Waals surface area contributed by atoms with Crippen molar-refractivity contribution in [3.63, 3.8) is 0 Å². The molecule has 7 nitrogen and oxygen atoms in total. The van der Waals surface area contributed by atoms with Gasteiger partial charge in [0.15, 0.2) is 5.82 Å². The smallest absolute Gasteiger partial charge is 0.308 e. The molecule has 0 fully saturated rings. The van der Waals surface area contributed by atoms with Gasteiger partial charge in [-0.1, -0.05) is 12.1 Å². The summed E-state index contributed by atoms with van der Waals surface area (Å²) < 4.78 is 18.4. The molecule has 0 radical (unpaired) electrons. The molecule has 0 aliphatic heterocycles. The van der Waals surface area contributed by atoms with Crippen LogP contribution in [0.4, 0.5) is 10.2 Å². The lowest BCUT2D eigenvalue weighted by molar-refractivity contribution is -0.131. The summed E-state index contributed by atoms with van der Waals surface area (Å²) in [4.78, 5) is 27.8. The molecule has 0 spiro atoms. The minimum atomic E-state index is -0.408. The number of nitrogens with one attached hydrogen (secondary N) is 2. The van der Waals surface area contributed by atoms with E-state index in [1.807, 2.05) is 0 Å². The summed E-state index contributed by atoms with van der Waals surface area (Å²) in [5.74, 6) is -0.241. The van der Waals surface area contributed by atoms with Gasteiger partial charge in [0.25, 0.3) is 0 Å². The van der Waals surface area contributed by atoms with Gasteiger partial charge in [0.2, 0.25) is 5.91 Å². The first kappa shape index (κ1) is 20.9. The second-order valence-electron chi connectivity index (χ2n) is 7.03. The predicted octanol–water partition coefficient (Wildman–Crippen LogP) is 4.38. The Labute approximate surface area is 183 Å². The molecule has 1 amide bonds. The number of rotatable bonds is 6. The second-order valence-corrected chi connectivity index (χ2v) is 7.03.